The van der Waals surface area contributed by atoms with Crippen LogP contribution in [0.4, 0.5) is 10.1 Å². The molecule has 1 saturated heterocycles. The van der Waals surface area contributed by atoms with Crippen LogP contribution in [0.3, 0.4) is 0 Å². The van der Waals surface area contributed by atoms with Gasteiger partial charge < -0.3 is 5.32 Å². The maximum Gasteiger partial charge on any atom is 0.249 e. The van der Waals surface area contributed by atoms with Gasteiger partial charge in [-0.25, -0.2) is 4.39 Å². The molecule has 0 radical (unpaired) electrons. The van der Waals surface area contributed by atoms with E-state index in [0.717, 1.165) is 0 Å². The van der Waals surface area contributed by atoms with Crippen LogP contribution < -0.4 is 10.6 Å². The molecule has 1 atom stereocenters. The number of piperidine rings is 1. The Hall–Kier alpha value is -1.91. The first-order chi connectivity index (χ1) is 8.65. The molecule has 0 spiro atoms. The predicted octanol–water partition coefficient (Wildman–Crippen LogP) is 2.07. The Labute approximate surface area is 106 Å². The van der Waals surface area contributed by atoms with Gasteiger partial charge in [-0.1, -0.05) is 19.9 Å². The van der Waals surface area contributed by atoms with Crippen molar-refractivity contribution in [3.05, 3.63) is 30.1 Å². The van der Waals surface area contributed by atoms with Crippen LogP contribution in [0.2, 0.25) is 0 Å². The average molecular weight is 252 g/mol. The van der Waals surface area contributed by atoms with Gasteiger partial charge >= 0.3 is 0 Å². The Balaban J connectivity index is 0.000000771. The number of benzene rings is 1. The highest BCUT2D eigenvalue weighted by atomic mass is 19.1. The van der Waals surface area contributed by atoms with Crippen LogP contribution in [0.25, 0.3) is 0 Å². The fourth-order valence-electron chi connectivity index (χ4n) is 1.61. The summed E-state index contributed by atoms with van der Waals surface area (Å²) in [6.45, 7) is 4.00. The molecule has 0 bridgehead atoms. The molecular weight excluding hydrogens is 235 g/mol. The third-order valence-corrected chi connectivity index (χ3v) is 2.40. The molecule has 5 heteroatoms. The van der Waals surface area contributed by atoms with Gasteiger partial charge in [-0.2, -0.15) is 0 Å². The molecule has 2 rings (SSSR count). The van der Waals surface area contributed by atoms with E-state index in [4.69, 9.17) is 0 Å². The molecule has 1 aromatic carbocycles. The lowest BCUT2D eigenvalue weighted by atomic mass is 10.1. The average Bonchev–Trinajstić information content (AvgIpc) is 2.35. The third kappa shape index (κ3) is 3.84. The second-order valence-corrected chi connectivity index (χ2v) is 3.66. The molecule has 0 saturated carbocycles. The van der Waals surface area contributed by atoms with Crippen molar-refractivity contribution >= 4 is 17.5 Å². The van der Waals surface area contributed by atoms with E-state index in [0.29, 0.717) is 18.5 Å². The second kappa shape index (κ2) is 6.74. The van der Waals surface area contributed by atoms with E-state index < -0.39 is 6.04 Å². The summed E-state index contributed by atoms with van der Waals surface area (Å²) in [5, 5.41) is 5.12. The lowest BCUT2D eigenvalue weighted by molar-refractivity contribution is -0.133. The molecule has 2 N–H and O–H groups in total. The van der Waals surface area contributed by atoms with Crippen molar-refractivity contribution < 1.29 is 14.0 Å². The maximum absolute atomic E-state index is 12.9. The van der Waals surface area contributed by atoms with E-state index in [1.54, 1.807) is 12.1 Å². The van der Waals surface area contributed by atoms with Crippen molar-refractivity contribution in [1.29, 1.82) is 0 Å². The van der Waals surface area contributed by atoms with Gasteiger partial charge in [0.15, 0.2) is 0 Å². The quantitative estimate of drug-likeness (QED) is 0.792. The van der Waals surface area contributed by atoms with Crippen molar-refractivity contribution in [1.82, 2.24) is 5.32 Å². The van der Waals surface area contributed by atoms with Crippen LogP contribution in [0, 0.1) is 5.82 Å². The largest absolute Gasteiger partial charge is 0.374 e. The summed E-state index contributed by atoms with van der Waals surface area (Å²) in [7, 11) is 0. The van der Waals surface area contributed by atoms with Crippen LogP contribution in [0.5, 0.6) is 0 Å². The summed E-state index contributed by atoms with van der Waals surface area (Å²) >= 11 is 0. The number of anilines is 1. The van der Waals surface area contributed by atoms with Gasteiger partial charge in [0.2, 0.25) is 11.8 Å². The van der Waals surface area contributed by atoms with Crippen molar-refractivity contribution in [2.75, 3.05) is 5.32 Å². The summed E-state index contributed by atoms with van der Waals surface area (Å²) in [6.07, 6.45) is 0.736. The second-order valence-electron chi connectivity index (χ2n) is 3.66. The number of hydrogen-bond acceptors (Lipinski definition) is 3. The minimum absolute atomic E-state index is 0.262. The molecule has 2 amide bonds. The molecule has 0 aliphatic carbocycles. The Morgan fingerprint density at radius 3 is 2.67 bits per heavy atom. The highest BCUT2D eigenvalue weighted by molar-refractivity contribution is 6.01. The number of imide groups is 1. The van der Waals surface area contributed by atoms with Crippen LogP contribution in [0.1, 0.15) is 26.7 Å². The van der Waals surface area contributed by atoms with E-state index in [9.17, 15) is 14.0 Å². The Kier molecular flexibility index (Phi) is 5.30. The number of carbonyl (C=O) groups is 2. The highest BCUT2D eigenvalue weighted by Gasteiger charge is 2.26. The fourth-order valence-corrected chi connectivity index (χ4v) is 1.61. The van der Waals surface area contributed by atoms with E-state index in [1.165, 1.54) is 12.1 Å². The van der Waals surface area contributed by atoms with Crippen LogP contribution in [-0.2, 0) is 9.59 Å². The Morgan fingerprint density at radius 1 is 1.33 bits per heavy atom. The standard InChI is InChI=1S/C11H11FN2O2.C2H6/c12-7-2-1-3-8(6-7)13-9-4-5-10(15)14-11(9)16;1-2/h1-3,6,9,13H,4-5H2,(H,14,15,16);1-2H3. The van der Waals surface area contributed by atoms with Gasteiger partial charge in [-0.3, -0.25) is 14.9 Å². The number of hydrogen-bond donors (Lipinski definition) is 2. The minimum Gasteiger partial charge on any atom is -0.374 e. The molecule has 98 valence electrons. The van der Waals surface area contributed by atoms with Gasteiger partial charge in [-0.05, 0) is 24.6 Å². The Bertz CT molecular complexity index is 435. The van der Waals surface area contributed by atoms with Gasteiger partial charge in [0.25, 0.3) is 0 Å². The maximum atomic E-state index is 12.9. The van der Waals surface area contributed by atoms with E-state index in [1.807, 2.05) is 13.8 Å². The van der Waals surface area contributed by atoms with Crippen molar-refractivity contribution in [3.8, 4) is 0 Å². The van der Waals surface area contributed by atoms with Crippen molar-refractivity contribution in [2.24, 2.45) is 0 Å². The number of carbonyl (C=O) groups excluding carboxylic acids is 2. The highest BCUT2D eigenvalue weighted by Crippen LogP contribution is 2.14. The molecule has 4 nitrogen and oxygen atoms in total. The molecule has 18 heavy (non-hydrogen) atoms. The normalized spacial score (nSPS) is 18.5. The summed E-state index contributed by atoms with van der Waals surface area (Å²) in [5.74, 6) is -0.986. The first-order valence-corrected chi connectivity index (χ1v) is 6.01. The zero-order valence-electron chi connectivity index (χ0n) is 10.5. The molecule has 1 fully saturated rings. The van der Waals surface area contributed by atoms with Gasteiger partial charge in [0, 0.05) is 12.1 Å². The monoisotopic (exact) mass is 252 g/mol. The Morgan fingerprint density at radius 2 is 2.06 bits per heavy atom. The van der Waals surface area contributed by atoms with E-state index in [2.05, 4.69) is 10.6 Å². The molecule has 1 unspecified atom stereocenters. The van der Waals surface area contributed by atoms with Gasteiger partial charge in [0.05, 0.1) is 0 Å². The van der Waals surface area contributed by atoms with E-state index in [-0.39, 0.29) is 17.6 Å². The van der Waals surface area contributed by atoms with Crippen LogP contribution in [0.15, 0.2) is 24.3 Å². The number of nitrogens with one attached hydrogen (secondary N) is 2. The van der Waals surface area contributed by atoms with Gasteiger partial charge in [0.1, 0.15) is 11.9 Å². The first-order valence-electron chi connectivity index (χ1n) is 6.01. The number of rotatable bonds is 2. The number of amides is 2. The van der Waals surface area contributed by atoms with Crippen molar-refractivity contribution in [3.63, 3.8) is 0 Å². The SMILES string of the molecule is CC.O=C1CCC(Nc2cccc(F)c2)C(=O)N1. The number of halogens is 1. The third-order valence-electron chi connectivity index (χ3n) is 2.40. The lowest BCUT2D eigenvalue weighted by Gasteiger charge is -2.22. The smallest absolute Gasteiger partial charge is 0.249 e. The first kappa shape index (κ1) is 14.2. The minimum atomic E-state index is -0.473. The zero-order valence-corrected chi connectivity index (χ0v) is 10.5. The zero-order chi connectivity index (χ0) is 13.5. The van der Waals surface area contributed by atoms with E-state index >= 15 is 0 Å². The fraction of sp³-hybridized carbons (Fsp3) is 0.385. The summed E-state index contributed by atoms with van der Waals surface area (Å²) in [6, 6.07) is 5.40. The molecule has 0 aromatic heterocycles. The molecule has 1 aliphatic rings. The van der Waals surface area contributed by atoms with Crippen LogP contribution >= 0.6 is 0 Å². The predicted molar refractivity (Wildman–Crippen MR) is 67.5 cm³/mol. The summed E-state index contributed by atoms with van der Waals surface area (Å²) in [5.41, 5.74) is 0.537. The molecule has 1 heterocycles. The van der Waals surface area contributed by atoms with Crippen LogP contribution in [-0.4, -0.2) is 17.9 Å². The lowest BCUT2D eigenvalue weighted by Crippen LogP contribution is -2.47. The summed E-state index contributed by atoms with van der Waals surface area (Å²) < 4.78 is 12.9. The molecule has 1 aromatic rings. The summed E-state index contributed by atoms with van der Waals surface area (Å²) in [4.78, 5) is 22.3. The van der Waals surface area contributed by atoms with Gasteiger partial charge in [-0.15, -0.1) is 0 Å². The topological polar surface area (TPSA) is 58.2 Å². The molecule has 1 aliphatic heterocycles. The molecular formula is C13H17FN2O2. The van der Waals surface area contributed by atoms with Crippen molar-refractivity contribution in [2.45, 2.75) is 32.7 Å².